The largest absolute Gasteiger partial charge is 0.472 e. The van der Waals surface area contributed by atoms with Gasteiger partial charge < -0.3 is 32.8 Å². The van der Waals surface area contributed by atoms with Crippen molar-refractivity contribution in [3.63, 3.8) is 0 Å². The Bertz CT molecular complexity index is 1120. The van der Waals surface area contributed by atoms with Crippen molar-refractivity contribution in [1.82, 2.24) is 0 Å². The first-order valence-electron chi connectivity index (χ1n) is 13.4. The maximum atomic E-state index is 12.4. The molecule has 3 heterocycles. The van der Waals surface area contributed by atoms with Crippen LogP contribution in [0.4, 0.5) is 0 Å². The van der Waals surface area contributed by atoms with Gasteiger partial charge in [-0.25, -0.2) is 0 Å². The van der Waals surface area contributed by atoms with Crippen LogP contribution in [-0.4, -0.2) is 61.2 Å². The Kier molecular flexibility index (Phi) is 7.03. The smallest absolute Gasteiger partial charge is 0.304 e. The quantitative estimate of drug-likeness (QED) is 0.294. The highest BCUT2D eigenvalue weighted by Gasteiger charge is 2.81. The van der Waals surface area contributed by atoms with Gasteiger partial charge in [-0.15, -0.1) is 0 Å². The van der Waals surface area contributed by atoms with Crippen molar-refractivity contribution in [1.29, 1.82) is 0 Å². The number of esters is 4. The van der Waals surface area contributed by atoms with E-state index < -0.39 is 64.9 Å². The summed E-state index contributed by atoms with van der Waals surface area (Å²) in [6.45, 7) is 7.48. The lowest BCUT2D eigenvalue weighted by Crippen LogP contribution is -2.72. The number of carbonyl (C=O) groups is 4. The van der Waals surface area contributed by atoms with E-state index in [-0.39, 0.29) is 25.0 Å². The highest BCUT2D eigenvalue weighted by Crippen LogP contribution is 2.72. The first-order valence-corrected chi connectivity index (χ1v) is 13.4. The Morgan fingerprint density at radius 3 is 2.18 bits per heavy atom. The zero-order valence-corrected chi connectivity index (χ0v) is 22.9. The van der Waals surface area contributed by atoms with E-state index in [0.29, 0.717) is 25.7 Å². The molecule has 0 aromatic carbocycles. The number of hydrogen-bond acceptors (Lipinski definition) is 11. The molecule has 0 bridgehead atoms. The average molecular weight is 549 g/mol. The summed E-state index contributed by atoms with van der Waals surface area (Å²) in [6.07, 6.45) is 2.31. The monoisotopic (exact) mass is 548 g/mol. The van der Waals surface area contributed by atoms with Crippen LogP contribution < -0.4 is 0 Å². The van der Waals surface area contributed by atoms with Crippen LogP contribution in [0.2, 0.25) is 0 Å². The molecule has 11 heteroatoms. The fraction of sp³-hybridized carbons (Fsp3) is 0.714. The van der Waals surface area contributed by atoms with Crippen molar-refractivity contribution < 1.29 is 52.0 Å². The second kappa shape index (κ2) is 9.92. The predicted molar refractivity (Wildman–Crippen MR) is 131 cm³/mol. The van der Waals surface area contributed by atoms with Crippen LogP contribution in [-0.2, 0) is 47.6 Å². The lowest BCUT2D eigenvalue weighted by molar-refractivity contribution is -0.281. The highest BCUT2D eigenvalue weighted by atomic mass is 16.7. The van der Waals surface area contributed by atoms with Crippen molar-refractivity contribution in [2.24, 2.45) is 22.7 Å². The van der Waals surface area contributed by atoms with Crippen molar-refractivity contribution in [2.75, 3.05) is 13.2 Å². The van der Waals surface area contributed by atoms with Crippen LogP contribution in [0.15, 0.2) is 23.0 Å². The van der Waals surface area contributed by atoms with Gasteiger partial charge >= 0.3 is 23.9 Å². The molecule has 9 atom stereocenters. The minimum atomic E-state index is -1.09. The van der Waals surface area contributed by atoms with Gasteiger partial charge in [-0.1, -0.05) is 6.92 Å². The topological polar surface area (TPSA) is 140 Å². The van der Waals surface area contributed by atoms with Gasteiger partial charge in [-0.05, 0) is 43.6 Å². The minimum Gasteiger partial charge on any atom is -0.472 e. The third-order valence-electron chi connectivity index (χ3n) is 9.40. The molecule has 1 aromatic rings. The second-order valence-electron chi connectivity index (χ2n) is 11.4. The van der Waals surface area contributed by atoms with Gasteiger partial charge in [-0.2, -0.15) is 0 Å². The van der Waals surface area contributed by atoms with E-state index in [2.05, 4.69) is 0 Å². The van der Waals surface area contributed by atoms with E-state index in [1.807, 2.05) is 13.0 Å². The van der Waals surface area contributed by atoms with Crippen LogP contribution in [0, 0.1) is 22.7 Å². The maximum absolute atomic E-state index is 12.4. The molecule has 2 aliphatic carbocycles. The number of rotatable bonds is 6. The van der Waals surface area contributed by atoms with Crippen molar-refractivity contribution in [2.45, 2.75) is 90.5 Å². The molecule has 2 aliphatic heterocycles. The van der Waals surface area contributed by atoms with Gasteiger partial charge in [0.2, 0.25) is 6.29 Å². The van der Waals surface area contributed by atoms with Gasteiger partial charge in [0.15, 0.2) is 0 Å². The fourth-order valence-electron chi connectivity index (χ4n) is 7.94. The maximum Gasteiger partial charge on any atom is 0.304 e. The predicted octanol–water partition coefficient (Wildman–Crippen LogP) is 3.25. The number of furan rings is 1. The number of ether oxygens (including phenoxy) is 6. The number of hydrogen-bond donors (Lipinski definition) is 0. The van der Waals surface area contributed by atoms with Crippen molar-refractivity contribution in [3.05, 3.63) is 24.2 Å². The molecule has 11 nitrogen and oxygen atoms in total. The molecule has 2 saturated heterocycles. The van der Waals surface area contributed by atoms with E-state index >= 15 is 0 Å². The summed E-state index contributed by atoms with van der Waals surface area (Å²) in [4.78, 5) is 49.1. The molecular formula is C28H36O11. The summed E-state index contributed by atoms with van der Waals surface area (Å²) in [5, 5.41) is 0. The molecular weight excluding hydrogens is 512 g/mol. The van der Waals surface area contributed by atoms with Gasteiger partial charge in [-0.3, -0.25) is 19.2 Å². The molecule has 39 heavy (non-hydrogen) atoms. The molecule has 214 valence electrons. The Morgan fingerprint density at radius 2 is 1.62 bits per heavy atom. The van der Waals surface area contributed by atoms with E-state index in [9.17, 15) is 19.2 Å². The Morgan fingerprint density at radius 1 is 0.949 bits per heavy atom. The molecule has 5 rings (SSSR count). The van der Waals surface area contributed by atoms with Crippen molar-refractivity contribution in [3.8, 4) is 0 Å². The van der Waals surface area contributed by atoms with Crippen LogP contribution in [0.1, 0.15) is 72.0 Å². The van der Waals surface area contributed by atoms with Crippen LogP contribution in [0.3, 0.4) is 0 Å². The van der Waals surface area contributed by atoms with Gasteiger partial charge in [0.1, 0.15) is 24.4 Å². The highest BCUT2D eigenvalue weighted by molar-refractivity contribution is 5.68. The number of epoxide rings is 1. The first-order chi connectivity index (χ1) is 18.5. The van der Waals surface area contributed by atoms with Gasteiger partial charge in [0.05, 0.1) is 30.7 Å². The molecule has 4 fully saturated rings. The van der Waals surface area contributed by atoms with E-state index in [1.54, 1.807) is 12.5 Å². The number of carbonyl (C=O) groups excluding carboxylic acids is 4. The van der Waals surface area contributed by atoms with E-state index in [4.69, 9.17) is 32.8 Å². The summed E-state index contributed by atoms with van der Waals surface area (Å²) >= 11 is 0. The fourth-order valence-corrected chi connectivity index (χ4v) is 7.94. The van der Waals surface area contributed by atoms with Crippen LogP contribution in [0.5, 0.6) is 0 Å². The Balaban J connectivity index is 1.69. The lowest BCUT2D eigenvalue weighted by atomic mass is 9.42. The standard InChI is InChI=1S/C28H36O11/c1-15-10-24(37-18(4)31)27(13-34-16(2)29)22(6-7-23(36-17(3)30)28(27)14-35-28)26(15)11-21(20-8-9-33-12-20)39-25(26)38-19(5)32/h8-9,12,15,21-25H,6-7,10-11,13-14H2,1-5H3. The first kappa shape index (κ1) is 27.6. The Labute approximate surface area is 226 Å². The second-order valence-corrected chi connectivity index (χ2v) is 11.4. The molecule has 0 N–H and O–H groups in total. The lowest BCUT2D eigenvalue weighted by Gasteiger charge is -2.63. The minimum absolute atomic E-state index is 0.125. The van der Waals surface area contributed by atoms with Crippen LogP contribution in [0.25, 0.3) is 0 Å². The molecule has 4 aliphatic rings. The number of fused-ring (bicyclic) bond motifs is 3. The van der Waals surface area contributed by atoms with Gasteiger partial charge in [0.25, 0.3) is 0 Å². The molecule has 2 saturated carbocycles. The summed E-state index contributed by atoms with van der Waals surface area (Å²) in [6, 6.07) is 1.82. The average Bonchev–Trinajstić information content (AvgIpc) is 3.28. The summed E-state index contributed by atoms with van der Waals surface area (Å²) in [5.41, 5.74) is -2.10. The van der Waals surface area contributed by atoms with Crippen LogP contribution >= 0.6 is 0 Å². The van der Waals surface area contributed by atoms with Crippen molar-refractivity contribution >= 4 is 23.9 Å². The molecule has 2 spiro atoms. The summed E-state index contributed by atoms with van der Waals surface area (Å²) < 4.78 is 41.4. The summed E-state index contributed by atoms with van der Waals surface area (Å²) in [7, 11) is 0. The molecule has 0 radical (unpaired) electrons. The molecule has 0 amide bonds. The third-order valence-corrected chi connectivity index (χ3v) is 9.40. The zero-order valence-electron chi connectivity index (χ0n) is 22.9. The normalized spacial score (nSPS) is 40.5. The zero-order chi connectivity index (χ0) is 28.2. The third kappa shape index (κ3) is 4.34. The summed E-state index contributed by atoms with van der Waals surface area (Å²) in [5.74, 6) is -2.42. The van der Waals surface area contributed by atoms with E-state index in [0.717, 1.165) is 5.56 Å². The SMILES string of the molecule is CC(=O)OCC12C(OC(C)=O)CC(C)C3(CC(c4ccoc4)OC3OC(C)=O)C1CCC(OC(C)=O)C21CO1. The molecule has 9 unspecified atom stereocenters. The Hall–Kier alpha value is -2.92. The molecule has 1 aromatic heterocycles. The van der Waals surface area contributed by atoms with E-state index in [1.165, 1.54) is 27.7 Å². The van der Waals surface area contributed by atoms with Gasteiger partial charge in [0, 0.05) is 38.7 Å².